The van der Waals surface area contributed by atoms with Crippen molar-refractivity contribution in [3.05, 3.63) is 117 Å². The molecule has 10 heteroatoms. The van der Waals surface area contributed by atoms with Crippen LogP contribution in [0.3, 0.4) is 0 Å². The van der Waals surface area contributed by atoms with Crippen molar-refractivity contribution in [2.45, 2.75) is 20.8 Å². The number of hydrogen-bond donors (Lipinski definition) is 0. The van der Waals surface area contributed by atoms with Crippen LogP contribution in [-0.2, 0) is 0 Å². The first-order valence-electron chi connectivity index (χ1n) is 11.5. The summed E-state index contributed by atoms with van der Waals surface area (Å²) in [7, 11) is 0. The topological polar surface area (TPSA) is 104 Å². The van der Waals surface area contributed by atoms with Gasteiger partial charge in [-0.05, 0) is 45.0 Å². The number of nitro groups is 1. The lowest BCUT2D eigenvalue weighted by atomic mass is 10.1. The van der Waals surface area contributed by atoms with Gasteiger partial charge in [-0.2, -0.15) is 15.3 Å². The lowest BCUT2D eigenvalue weighted by Gasteiger charge is -2.05. The molecule has 0 N–H and O–H groups in total. The predicted octanol–water partition coefficient (Wildman–Crippen LogP) is 5.64. The molecular weight excluding hydrogens is 486 g/mol. The van der Waals surface area contributed by atoms with E-state index < -0.39 is 4.92 Å². The Hall–Kier alpha value is -4.70. The van der Waals surface area contributed by atoms with Crippen LogP contribution in [0.4, 0.5) is 5.69 Å². The summed E-state index contributed by atoms with van der Waals surface area (Å²) in [4.78, 5) is 11.2. The van der Waals surface area contributed by atoms with Crippen LogP contribution in [-0.4, -0.2) is 30.2 Å². The second-order valence-corrected chi connectivity index (χ2v) is 9.28. The van der Waals surface area contributed by atoms with Gasteiger partial charge in [-0.3, -0.25) is 10.1 Å². The van der Waals surface area contributed by atoms with E-state index in [-0.39, 0.29) is 5.69 Å². The minimum atomic E-state index is -0.418. The summed E-state index contributed by atoms with van der Waals surface area (Å²) in [6.07, 6.45) is 0. The zero-order valence-electron chi connectivity index (χ0n) is 20.4. The van der Waals surface area contributed by atoms with Crippen molar-refractivity contribution in [3.63, 3.8) is 0 Å². The van der Waals surface area contributed by atoms with E-state index in [1.165, 1.54) is 23.5 Å². The molecular formula is C27H23N7O2S. The minimum absolute atomic E-state index is 0.0354. The molecule has 0 saturated heterocycles. The van der Waals surface area contributed by atoms with Crippen molar-refractivity contribution in [1.82, 2.24) is 19.6 Å². The molecule has 5 rings (SSSR count). The monoisotopic (exact) mass is 509 g/mol. The van der Waals surface area contributed by atoms with E-state index in [0.717, 1.165) is 38.9 Å². The SMILES string of the molecule is CC(=NN=c1sc(-c2ccccc2)nn1-c1ccccc1)c1c(C)nn(-c2ccc([N+](=O)[O-])cc2)c1C. The lowest BCUT2D eigenvalue weighted by Crippen LogP contribution is -2.14. The van der Waals surface area contributed by atoms with Crippen molar-refractivity contribution in [2.75, 3.05) is 0 Å². The van der Waals surface area contributed by atoms with E-state index in [1.54, 1.807) is 21.5 Å². The van der Waals surface area contributed by atoms with Gasteiger partial charge in [-0.1, -0.05) is 59.9 Å². The van der Waals surface area contributed by atoms with Crippen LogP contribution in [0, 0.1) is 24.0 Å². The third kappa shape index (κ3) is 4.87. The molecule has 184 valence electrons. The molecule has 0 spiro atoms. The zero-order chi connectivity index (χ0) is 25.9. The highest BCUT2D eigenvalue weighted by atomic mass is 32.1. The Morgan fingerprint density at radius 1 is 0.865 bits per heavy atom. The molecule has 0 aliphatic carbocycles. The highest BCUT2D eigenvalue weighted by molar-refractivity contribution is 7.12. The number of nitro benzene ring substituents is 1. The van der Waals surface area contributed by atoms with Crippen molar-refractivity contribution in [2.24, 2.45) is 10.2 Å². The summed E-state index contributed by atoms with van der Waals surface area (Å²) in [6.45, 7) is 5.75. The van der Waals surface area contributed by atoms with E-state index in [4.69, 9.17) is 5.10 Å². The molecule has 9 nitrogen and oxygen atoms in total. The first-order valence-corrected chi connectivity index (χ1v) is 12.3. The van der Waals surface area contributed by atoms with E-state index in [1.807, 2.05) is 81.4 Å². The summed E-state index contributed by atoms with van der Waals surface area (Å²) < 4.78 is 3.56. The van der Waals surface area contributed by atoms with Gasteiger partial charge >= 0.3 is 0 Å². The first-order chi connectivity index (χ1) is 17.9. The zero-order valence-corrected chi connectivity index (χ0v) is 21.3. The summed E-state index contributed by atoms with van der Waals surface area (Å²) >= 11 is 1.46. The van der Waals surface area contributed by atoms with Gasteiger partial charge in [0.2, 0.25) is 4.80 Å². The third-order valence-electron chi connectivity index (χ3n) is 5.83. The van der Waals surface area contributed by atoms with Crippen LogP contribution < -0.4 is 4.80 Å². The average Bonchev–Trinajstić information content (AvgIpc) is 3.49. The van der Waals surface area contributed by atoms with Gasteiger partial charge in [0.15, 0.2) is 0 Å². The molecule has 2 aromatic heterocycles. The van der Waals surface area contributed by atoms with Gasteiger partial charge in [0.25, 0.3) is 5.69 Å². The minimum Gasteiger partial charge on any atom is -0.258 e. The maximum Gasteiger partial charge on any atom is 0.269 e. The number of rotatable bonds is 6. The second-order valence-electron chi connectivity index (χ2n) is 8.32. The molecule has 5 aromatic rings. The highest BCUT2D eigenvalue weighted by Crippen LogP contribution is 2.22. The summed E-state index contributed by atoms with van der Waals surface area (Å²) in [5.41, 5.74) is 5.91. The molecule has 0 amide bonds. The van der Waals surface area contributed by atoms with Crippen LogP contribution in [0.2, 0.25) is 0 Å². The summed E-state index contributed by atoms with van der Waals surface area (Å²) in [6, 6.07) is 26.1. The smallest absolute Gasteiger partial charge is 0.258 e. The molecule has 3 aromatic carbocycles. The van der Waals surface area contributed by atoms with Gasteiger partial charge in [0.1, 0.15) is 5.01 Å². The highest BCUT2D eigenvalue weighted by Gasteiger charge is 2.16. The lowest BCUT2D eigenvalue weighted by molar-refractivity contribution is -0.384. The van der Waals surface area contributed by atoms with E-state index in [9.17, 15) is 10.1 Å². The van der Waals surface area contributed by atoms with Gasteiger partial charge < -0.3 is 0 Å². The van der Waals surface area contributed by atoms with E-state index in [2.05, 4.69) is 15.3 Å². The molecule has 0 unspecified atom stereocenters. The van der Waals surface area contributed by atoms with Crippen molar-refractivity contribution < 1.29 is 4.92 Å². The quantitative estimate of drug-likeness (QED) is 0.168. The molecule has 37 heavy (non-hydrogen) atoms. The molecule has 0 saturated carbocycles. The van der Waals surface area contributed by atoms with Gasteiger partial charge in [-0.15, -0.1) is 5.10 Å². The van der Waals surface area contributed by atoms with Gasteiger partial charge in [-0.25, -0.2) is 9.36 Å². The van der Waals surface area contributed by atoms with Crippen molar-refractivity contribution in [3.8, 4) is 21.9 Å². The summed E-state index contributed by atoms with van der Waals surface area (Å²) in [5.74, 6) is 0. The van der Waals surface area contributed by atoms with Crippen LogP contribution in [0.15, 0.2) is 95.1 Å². The Morgan fingerprint density at radius 2 is 1.49 bits per heavy atom. The molecule has 0 bridgehead atoms. The number of para-hydroxylation sites is 1. The fraction of sp³-hybridized carbons (Fsp3) is 0.111. The third-order valence-corrected chi connectivity index (χ3v) is 6.77. The molecule has 0 aliphatic rings. The molecule has 0 radical (unpaired) electrons. The molecule has 2 heterocycles. The van der Waals surface area contributed by atoms with Crippen LogP contribution in [0.25, 0.3) is 21.9 Å². The maximum atomic E-state index is 11.0. The number of hydrogen-bond acceptors (Lipinski definition) is 7. The Morgan fingerprint density at radius 3 is 2.14 bits per heavy atom. The van der Waals surface area contributed by atoms with E-state index in [0.29, 0.717) is 10.5 Å². The second kappa shape index (κ2) is 10.1. The van der Waals surface area contributed by atoms with Crippen LogP contribution >= 0.6 is 11.3 Å². The number of benzene rings is 3. The fourth-order valence-corrected chi connectivity index (χ4v) is 4.95. The normalized spacial score (nSPS) is 12.2. The molecule has 0 fully saturated rings. The average molecular weight is 510 g/mol. The van der Waals surface area contributed by atoms with Crippen molar-refractivity contribution in [1.29, 1.82) is 0 Å². The fourth-order valence-electron chi connectivity index (χ4n) is 4.08. The van der Waals surface area contributed by atoms with Crippen LogP contribution in [0.5, 0.6) is 0 Å². The first kappa shape index (κ1) is 24.0. The number of nitrogens with zero attached hydrogens (tertiary/aromatic N) is 7. The molecule has 0 aliphatic heterocycles. The Bertz CT molecular complexity index is 1670. The number of non-ortho nitro benzene ring substituents is 1. The number of aryl methyl sites for hydroxylation is 1. The van der Waals surface area contributed by atoms with Gasteiger partial charge in [0, 0.05) is 23.3 Å². The largest absolute Gasteiger partial charge is 0.269 e. The number of aromatic nitrogens is 4. The van der Waals surface area contributed by atoms with E-state index >= 15 is 0 Å². The predicted molar refractivity (Wildman–Crippen MR) is 144 cm³/mol. The summed E-state index contributed by atoms with van der Waals surface area (Å²) in [5, 5.41) is 30.5. The Balaban J connectivity index is 1.56. The Labute approximate surface area is 216 Å². The Kier molecular flexibility index (Phi) is 6.57. The van der Waals surface area contributed by atoms with Gasteiger partial charge in [0.05, 0.1) is 33.4 Å². The van der Waals surface area contributed by atoms with Crippen molar-refractivity contribution >= 4 is 22.7 Å². The van der Waals surface area contributed by atoms with Crippen LogP contribution in [0.1, 0.15) is 23.9 Å². The maximum absolute atomic E-state index is 11.0. The molecule has 0 atom stereocenters. The standard InChI is InChI=1S/C27H23N7O2S/c1-18(25-19(2)30-32(20(25)3)23-14-16-24(17-15-23)34(35)36)28-29-27-33(22-12-8-5-9-13-22)31-26(37-27)21-10-6-4-7-11-21/h4-17H,1-3H3.